The van der Waals surface area contributed by atoms with Crippen LogP contribution in [0, 0.1) is 11.6 Å². The van der Waals surface area contributed by atoms with E-state index in [0.29, 0.717) is 18.7 Å². The summed E-state index contributed by atoms with van der Waals surface area (Å²) < 4.78 is 27.1. The highest BCUT2D eigenvalue weighted by atomic mass is 19.1. The zero-order valence-electron chi connectivity index (χ0n) is 11.1. The van der Waals surface area contributed by atoms with Crippen molar-refractivity contribution in [3.8, 4) is 0 Å². The number of halogens is 2. The summed E-state index contributed by atoms with van der Waals surface area (Å²) in [6.07, 6.45) is 0.641. The molecule has 3 rings (SSSR count). The highest BCUT2D eigenvalue weighted by Crippen LogP contribution is 2.31. The Morgan fingerprint density at radius 3 is 2.81 bits per heavy atom. The van der Waals surface area contributed by atoms with E-state index in [1.807, 2.05) is 0 Å². The van der Waals surface area contributed by atoms with Gasteiger partial charge in [-0.2, -0.15) is 0 Å². The van der Waals surface area contributed by atoms with E-state index in [4.69, 9.17) is 5.84 Å². The first-order valence-corrected chi connectivity index (χ1v) is 6.47. The van der Waals surface area contributed by atoms with E-state index in [-0.39, 0.29) is 11.3 Å². The molecule has 0 saturated carbocycles. The summed E-state index contributed by atoms with van der Waals surface area (Å²) in [6, 6.07) is 8.47. The van der Waals surface area contributed by atoms with Crippen LogP contribution in [0.1, 0.15) is 15.9 Å². The molecule has 2 aromatic carbocycles. The Morgan fingerprint density at radius 2 is 2.05 bits per heavy atom. The lowest BCUT2D eigenvalue weighted by atomic mass is 10.1. The van der Waals surface area contributed by atoms with Gasteiger partial charge >= 0.3 is 0 Å². The quantitative estimate of drug-likeness (QED) is 0.659. The first-order valence-electron chi connectivity index (χ1n) is 6.47. The second-order valence-corrected chi connectivity index (χ2v) is 4.79. The summed E-state index contributed by atoms with van der Waals surface area (Å²) in [5, 5.41) is 0. The standard InChI is InChI=1S/C15H13F2N3O/c16-10-5-4-9-6-7-20(13(9)8-10)15(21)11-2-1-3-12(17)14(11)19-18/h1-5,8,19H,6-7,18H2. The number of rotatable bonds is 2. The fraction of sp³-hybridized carbons (Fsp3) is 0.133. The number of carbonyl (C=O) groups is 1. The minimum Gasteiger partial charge on any atom is -0.321 e. The normalized spacial score (nSPS) is 13.2. The number of benzene rings is 2. The molecule has 0 bridgehead atoms. The largest absolute Gasteiger partial charge is 0.321 e. The van der Waals surface area contributed by atoms with E-state index in [9.17, 15) is 13.6 Å². The molecule has 108 valence electrons. The second kappa shape index (κ2) is 5.14. The Morgan fingerprint density at radius 1 is 1.24 bits per heavy atom. The van der Waals surface area contributed by atoms with Crippen molar-refractivity contribution in [2.45, 2.75) is 6.42 Å². The summed E-state index contributed by atoms with van der Waals surface area (Å²) in [5.74, 6) is 3.85. The van der Waals surface area contributed by atoms with Crippen LogP contribution in [0.15, 0.2) is 36.4 Å². The van der Waals surface area contributed by atoms with Gasteiger partial charge in [0.2, 0.25) is 0 Å². The Labute approximate surface area is 120 Å². The number of nitrogen functional groups attached to an aromatic ring is 1. The fourth-order valence-electron chi connectivity index (χ4n) is 2.56. The lowest BCUT2D eigenvalue weighted by Gasteiger charge is -2.19. The number of nitrogens with one attached hydrogen (secondary N) is 1. The SMILES string of the molecule is NNc1c(F)cccc1C(=O)N1CCc2ccc(F)cc21. The average Bonchev–Trinajstić information content (AvgIpc) is 2.89. The third-order valence-electron chi connectivity index (χ3n) is 3.58. The molecule has 0 unspecified atom stereocenters. The molecular weight excluding hydrogens is 276 g/mol. The molecule has 0 aliphatic carbocycles. The van der Waals surface area contributed by atoms with Gasteiger partial charge in [-0.15, -0.1) is 0 Å². The van der Waals surface area contributed by atoms with Gasteiger partial charge in [0.25, 0.3) is 5.91 Å². The summed E-state index contributed by atoms with van der Waals surface area (Å²) >= 11 is 0. The molecule has 0 fully saturated rings. The van der Waals surface area contributed by atoms with Gasteiger partial charge in [0.15, 0.2) is 0 Å². The number of fused-ring (bicyclic) bond motifs is 1. The fourth-order valence-corrected chi connectivity index (χ4v) is 2.56. The predicted molar refractivity (Wildman–Crippen MR) is 76.0 cm³/mol. The smallest absolute Gasteiger partial charge is 0.260 e. The Bertz CT molecular complexity index is 718. The number of hydrogen-bond donors (Lipinski definition) is 2. The van der Waals surface area contributed by atoms with Crippen LogP contribution in [0.2, 0.25) is 0 Å². The lowest BCUT2D eigenvalue weighted by Crippen LogP contribution is -2.30. The maximum absolute atomic E-state index is 13.7. The van der Waals surface area contributed by atoms with Crippen molar-refractivity contribution in [2.75, 3.05) is 16.9 Å². The summed E-state index contributed by atoms with van der Waals surface area (Å²) in [4.78, 5) is 14.0. The molecule has 0 aromatic heterocycles. The van der Waals surface area contributed by atoms with Crippen molar-refractivity contribution in [2.24, 2.45) is 5.84 Å². The predicted octanol–water partition coefficient (Wildman–Crippen LogP) is 2.45. The molecule has 0 spiro atoms. The zero-order chi connectivity index (χ0) is 15.0. The monoisotopic (exact) mass is 289 g/mol. The molecule has 1 heterocycles. The van der Waals surface area contributed by atoms with Crippen LogP contribution in [-0.2, 0) is 6.42 Å². The van der Waals surface area contributed by atoms with Crippen LogP contribution in [0.4, 0.5) is 20.2 Å². The Hall–Kier alpha value is -2.47. The van der Waals surface area contributed by atoms with Gasteiger partial charge in [-0.05, 0) is 36.2 Å². The molecule has 1 aliphatic rings. The van der Waals surface area contributed by atoms with Gasteiger partial charge in [0.05, 0.1) is 16.9 Å². The molecule has 0 atom stereocenters. The summed E-state index contributed by atoms with van der Waals surface area (Å²) in [6.45, 7) is 0.429. The number of nitrogens with zero attached hydrogens (tertiary/aromatic N) is 1. The van der Waals surface area contributed by atoms with E-state index < -0.39 is 17.5 Å². The van der Waals surface area contributed by atoms with Crippen molar-refractivity contribution in [1.29, 1.82) is 0 Å². The van der Waals surface area contributed by atoms with Crippen molar-refractivity contribution < 1.29 is 13.6 Å². The molecule has 2 aromatic rings. The van der Waals surface area contributed by atoms with Gasteiger partial charge in [-0.1, -0.05) is 12.1 Å². The highest BCUT2D eigenvalue weighted by molar-refractivity contribution is 6.10. The molecule has 1 amide bonds. The van der Waals surface area contributed by atoms with E-state index in [1.165, 1.54) is 35.2 Å². The number of nitrogens with two attached hydrogens (primary N) is 1. The highest BCUT2D eigenvalue weighted by Gasteiger charge is 2.28. The number of amides is 1. The molecule has 4 nitrogen and oxygen atoms in total. The summed E-state index contributed by atoms with van der Waals surface area (Å²) in [5.41, 5.74) is 3.68. The Balaban J connectivity index is 2.02. The van der Waals surface area contributed by atoms with Gasteiger partial charge in [0, 0.05) is 6.54 Å². The third-order valence-corrected chi connectivity index (χ3v) is 3.58. The summed E-state index contributed by atoms with van der Waals surface area (Å²) in [7, 11) is 0. The molecule has 0 radical (unpaired) electrons. The zero-order valence-corrected chi connectivity index (χ0v) is 11.1. The van der Waals surface area contributed by atoms with Crippen LogP contribution in [0.3, 0.4) is 0 Å². The number of para-hydroxylation sites is 1. The first-order chi connectivity index (χ1) is 10.1. The number of hydrogen-bond acceptors (Lipinski definition) is 3. The molecule has 1 aliphatic heterocycles. The van der Waals surface area contributed by atoms with Crippen LogP contribution in [-0.4, -0.2) is 12.5 Å². The second-order valence-electron chi connectivity index (χ2n) is 4.79. The third kappa shape index (κ3) is 2.23. The maximum atomic E-state index is 13.7. The van der Waals surface area contributed by atoms with Crippen molar-refractivity contribution in [1.82, 2.24) is 0 Å². The minimum atomic E-state index is -0.609. The van der Waals surface area contributed by atoms with Gasteiger partial charge in [0.1, 0.15) is 11.6 Å². The van der Waals surface area contributed by atoms with Crippen LogP contribution < -0.4 is 16.2 Å². The van der Waals surface area contributed by atoms with E-state index >= 15 is 0 Å². The van der Waals surface area contributed by atoms with E-state index in [0.717, 1.165) is 5.56 Å². The molecule has 0 saturated heterocycles. The van der Waals surface area contributed by atoms with Crippen LogP contribution >= 0.6 is 0 Å². The molecule has 3 N–H and O–H groups in total. The number of carbonyl (C=O) groups excluding carboxylic acids is 1. The van der Waals surface area contributed by atoms with Crippen molar-refractivity contribution in [3.05, 3.63) is 59.2 Å². The van der Waals surface area contributed by atoms with Gasteiger partial charge < -0.3 is 10.3 Å². The van der Waals surface area contributed by atoms with Gasteiger partial charge in [-0.3, -0.25) is 10.6 Å². The molecule has 6 heteroatoms. The first kappa shape index (κ1) is 13.5. The van der Waals surface area contributed by atoms with E-state index in [1.54, 1.807) is 6.07 Å². The molecular formula is C15H13F2N3O. The van der Waals surface area contributed by atoms with Crippen LogP contribution in [0.5, 0.6) is 0 Å². The van der Waals surface area contributed by atoms with Crippen LogP contribution in [0.25, 0.3) is 0 Å². The topological polar surface area (TPSA) is 58.4 Å². The van der Waals surface area contributed by atoms with Gasteiger partial charge in [-0.25, -0.2) is 8.78 Å². The Kier molecular flexibility index (Phi) is 3.31. The molecule has 21 heavy (non-hydrogen) atoms. The maximum Gasteiger partial charge on any atom is 0.260 e. The number of anilines is 2. The minimum absolute atomic E-state index is 0.0626. The van der Waals surface area contributed by atoms with E-state index in [2.05, 4.69) is 5.43 Å². The average molecular weight is 289 g/mol. The lowest BCUT2D eigenvalue weighted by molar-refractivity contribution is 0.0989. The van der Waals surface area contributed by atoms with Crippen molar-refractivity contribution >= 4 is 17.3 Å². The van der Waals surface area contributed by atoms with Crippen molar-refractivity contribution in [3.63, 3.8) is 0 Å². The number of hydrazine groups is 1.